The molecule has 0 aliphatic heterocycles. The summed E-state index contributed by atoms with van der Waals surface area (Å²) in [6.45, 7) is 9.28. The van der Waals surface area contributed by atoms with Crippen LogP contribution in [0.3, 0.4) is 0 Å². The summed E-state index contributed by atoms with van der Waals surface area (Å²) in [4.78, 5) is 2.61. The lowest BCUT2D eigenvalue weighted by molar-refractivity contribution is 0.341. The molecule has 116 valence electrons. The first-order valence-corrected chi connectivity index (χ1v) is 8.95. The van der Waals surface area contributed by atoms with Crippen LogP contribution in [-0.2, 0) is 0 Å². The number of rotatable bonds is 11. The van der Waals surface area contributed by atoms with Gasteiger partial charge in [-0.25, -0.2) is 0 Å². The van der Waals surface area contributed by atoms with Crippen molar-refractivity contribution in [2.45, 2.75) is 78.6 Å². The fourth-order valence-corrected chi connectivity index (χ4v) is 2.65. The largest absolute Gasteiger partial charge is 0.372 e. The zero-order valence-electron chi connectivity index (χ0n) is 14.0. The van der Waals surface area contributed by atoms with Crippen molar-refractivity contribution in [2.24, 2.45) is 5.92 Å². The summed E-state index contributed by atoms with van der Waals surface area (Å²) in [5.41, 5.74) is 1.48. The molecule has 0 heterocycles. The fourth-order valence-electron chi connectivity index (χ4n) is 2.65. The molecule has 1 aliphatic carbocycles. The Labute approximate surface area is 127 Å². The Kier molecular flexibility index (Phi) is 9.53. The Morgan fingerprint density at radius 1 is 1.00 bits per heavy atom. The lowest BCUT2D eigenvalue weighted by Gasteiger charge is -2.27. The van der Waals surface area contributed by atoms with Gasteiger partial charge in [0, 0.05) is 18.8 Å². The molecular formula is C19H35N. The molecule has 0 unspecified atom stereocenters. The summed E-state index contributed by atoms with van der Waals surface area (Å²) in [7, 11) is 0. The molecule has 0 radical (unpaired) electrons. The van der Waals surface area contributed by atoms with Gasteiger partial charge in [0.25, 0.3) is 0 Å². The maximum atomic E-state index is 2.61. The SMILES string of the molecule is CCC/C=C(\C=C\C1CCC1)N(CCC)CCCCC. The van der Waals surface area contributed by atoms with Crippen molar-refractivity contribution in [3.05, 3.63) is 23.9 Å². The molecule has 1 saturated carbocycles. The molecule has 1 aliphatic rings. The van der Waals surface area contributed by atoms with E-state index in [1.807, 2.05) is 0 Å². The van der Waals surface area contributed by atoms with Gasteiger partial charge in [-0.15, -0.1) is 0 Å². The predicted octanol–water partition coefficient (Wildman–Crippen LogP) is 5.93. The van der Waals surface area contributed by atoms with Gasteiger partial charge in [0.2, 0.25) is 0 Å². The highest BCUT2D eigenvalue weighted by atomic mass is 15.1. The minimum Gasteiger partial charge on any atom is -0.372 e. The first-order valence-electron chi connectivity index (χ1n) is 8.95. The Balaban J connectivity index is 2.61. The molecule has 1 nitrogen and oxygen atoms in total. The average Bonchev–Trinajstić information content (AvgIpc) is 2.40. The maximum absolute atomic E-state index is 2.61. The summed E-state index contributed by atoms with van der Waals surface area (Å²) in [6, 6.07) is 0. The van der Waals surface area contributed by atoms with Crippen LogP contribution in [0.25, 0.3) is 0 Å². The monoisotopic (exact) mass is 277 g/mol. The molecule has 1 rings (SSSR count). The molecule has 1 heteroatoms. The standard InChI is InChI=1S/C19H35N/c1-4-7-9-17-20(16-6-3)19(13-8-5-2)15-14-18-11-10-12-18/h13-15,18H,4-12,16-17H2,1-3H3/b15-14+,19-13+. The molecular weight excluding hydrogens is 242 g/mol. The molecule has 0 amide bonds. The molecule has 0 aromatic rings. The third kappa shape index (κ3) is 6.63. The van der Waals surface area contributed by atoms with Gasteiger partial charge in [0.05, 0.1) is 0 Å². The average molecular weight is 277 g/mol. The number of nitrogens with zero attached hydrogens (tertiary/aromatic N) is 1. The van der Waals surface area contributed by atoms with Crippen LogP contribution in [-0.4, -0.2) is 18.0 Å². The first kappa shape index (κ1) is 17.3. The van der Waals surface area contributed by atoms with E-state index in [4.69, 9.17) is 0 Å². The second-order valence-corrected chi connectivity index (χ2v) is 6.16. The van der Waals surface area contributed by atoms with Crippen molar-refractivity contribution in [1.82, 2.24) is 4.90 Å². The van der Waals surface area contributed by atoms with E-state index in [1.165, 1.54) is 76.6 Å². The highest BCUT2D eigenvalue weighted by Gasteiger charge is 2.14. The normalized spacial score (nSPS) is 16.6. The summed E-state index contributed by atoms with van der Waals surface area (Å²) < 4.78 is 0. The molecule has 0 spiro atoms. The van der Waals surface area contributed by atoms with Gasteiger partial charge >= 0.3 is 0 Å². The van der Waals surface area contributed by atoms with Gasteiger partial charge in [-0.3, -0.25) is 0 Å². The van der Waals surface area contributed by atoms with Crippen LogP contribution in [0.5, 0.6) is 0 Å². The van der Waals surface area contributed by atoms with E-state index in [2.05, 4.69) is 43.9 Å². The Morgan fingerprint density at radius 3 is 2.35 bits per heavy atom. The third-order valence-electron chi connectivity index (χ3n) is 4.22. The van der Waals surface area contributed by atoms with E-state index in [9.17, 15) is 0 Å². The zero-order chi connectivity index (χ0) is 14.6. The Morgan fingerprint density at radius 2 is 1.80 bits per heavy atom. The van der Waals surface area contributed by atoms with Gasteiger partial charge in [-0.2, -0.15) is 0 Å². The van der Waals surface area contributed by atoms with Crippen molar-refractivity contribution in [3.8, 4) is 0 Å². The molecule has 0 saturated heterocycles. The van der Waals surface area contributed by atoms with Crippen LogP contribution in [0.2, 0.25) is 0 Å². The topological polar surface area (TPSA) is 3.24 Å². The summed E-state index contributed by atoms with van der Waals surface area (Å²) in [6.07, 6.45) is 19.3. The highest BCUT2D eigenvalue weighted by Crippen LogP contribution is 2.28. The third-order valence-corrected chi connectivity index (χ3v) is 4.22. The van der Waals surface area contributed by atoms with E-state index in [0.29, 0.717) is 0 Å². The van der Waals surface area contributed by atoms with E-state index in [-0.39, 0.29) is 0 Å². The molecule has 0 bridgehead atoms. The van der Waals surface area contributed by atoms with E-state index in [0.717, 1.165) is 5.92 Å². The molecule has 0 aromatic heterocycles. The number of allylic oxidation sites excluding steroid dienone is 3. The Bertz CT molecular complexity index is 286. The predicted molar refractivity (Wildman–Crippen MR) is 90.9 cm³/mol. The summed E-state index contributed by atoms with van der Waals surface area (Å²) in [5.74, 6) is 0.860. The first-order chi connectivity index (χ1) is 9.81. The van der Waals surface area contributed by atoms with E-state index < -0.39 is 0 Å². The smallest absolute Gasteiger partial charge is 0.0322 e. The van der Waals surface area contributed by atoms with Crippen molar-refractivity contribution >= 4 is 0 Å². The zero-order valence-corrected chi connectivity index (χ0v) is 14.0. The van der Waals surface area contributed by atoms with Gasteiger partial charge in [0.15, 0.2) is 0 Å². The second-order valence-electron chi connectivity index (χ2n) is 6.16. The summed E-state index contributed by atoms with van der Waals surface area (Å²) in [5, 5.41) is 0. The highest BCUT2D eigenvalue weighted by molar-refractivity contribution is 5.19. The van der Waals surface area contributed by atoms with Gasteiger partial charge < -0.3 is 4.90 Å². The second kappa shape index (κ2) is 11.0. The minimum absolute atomic E-state index is 0.860. The molecule has 0 aromatic carbocycles. The number of hydrogen-bond acceptors (Lipinski definition) is 1. The van der Waals surface area contributed by atoms with E-state index >= 15 is 0 Å². The Hall–Kier alpha value is -0.720. The molecule has 20 heavy (non-hydrogen) atoms. The fraction of sp³-hybridized carbons (Fsp3) is 0.789. The minimum atomic E-state index is 0.860. The van der Waals surface area contributed by atoms with Gasteiger partial charge in [-0.05, 0) is 44.1 Å². The van der Waals surface area contributed by atoms with Crippen molar-refractivity contribution < 1.29 is 0 Å². The van der Waals surface area contributed by atoms with Crippen molar-refractivity contribution in [3.63, 3.8) is 0 Å². The quantitative estimate of drug-likeness (QED) is 0.334. The molecule has 0 atom stereocenters. The van der Waals surface area contributed by atoms with Crippen LogP contribution in [0.1, 0.15) is 78.6 Å². The van der Waals surface area contributed by atoms with Crippen LogP contribution in [0, 0.1) is 5.92 Å². The van der Waals surface area contributed by atoms with Gasteiger partial charge in [-0.1, -0.05) is 58.6 Å². The van der Waals surface area contributed by atoms with Crippen LogP contribution in [0.4, 0.5) is 0 Å². The molecule has 0 N–H and O–H groups in total. The van der Waals surface area contributed by atoms with Crippen molar-refractivity contribution in [1.29, 1.82) is 0 Å². The lowest BCUT2D eigenvalue weighted by Crippen LogP contribution is -2.24. The lowest BCUT2D eigenvalue weighted by atomic mass is 9.85. The van der Waals surface area contributed by atoms with Crippen molar-refractivity contribution in [2.75, 3.05) is 13.1 Å². The van der Waals surface area contributed by atoms with Crippen LogP contribution >= 0.6 is 0 Å². The number of hydrogen-bond donors (Lipinski definition) is 0. The maximum Gasteiger partial charge on any atom is 0.0322 e. The van der Waals surface area contributed by atoms with E-state index in [1.54, 1.807) is 0 Å². The number of unbranched alkanes of at least 4 members (excludes halogenated alkanes) is 3. The summed E-state index contributed by atoms with van der Waals surface area (Å²) >= 11 is 0. The molecule has 1 fully saturated rings. The van der Waals surface area contributed by atoms with Crippen LogP contribution < -0.4 is 0 Å². The van der Waals surface area contributed by atoms with Gasteiger partial charge in [0.1, 0.15) is 0 Å². The van der Waals surface area contributed by atoms with Crippen LogP contribution in [0.15, 0.2) is 23.9 Å².